The van der Waals surface area contributed by atoms with Gasteiger partial charge in [-0.05, 0) is 42.3 Å². The van der Waals surface area contributed by atoms with Crippen LogP contribution in [-0.2, 0) is 14.4 Å². The number of rotatable bonds is 7. The van der Waals surface area contributed by atoms with Gasteiger partial charge in [-0.2, -0.15) is 0 Å². The van der Waals surface area contributed by atoms with Gasteiger partial charge in [-0.25, -0.2) is 0 Å². The third kappa shape index (κ3) is 5.19. The minimum atomic E-state index is -1.05. The maximum atomic E-state index is 13.1. The molecule has 188 valence electrons. The molecule has 0 aliphatic carbocycles. The number of carbonyl (C=O) groups excluding carboxylic acids is 2. The highest BCUT2D eigenvalue weighted by molar-refractivity contribution is 6.01. The highest BCUT2D eigenvalue weighted by Gasteiger charge is 2.36. The van der Waals surface area contributed by atoms with E-state index >= 15 is 0 Å². The molecule has 5 rings (SSSR count). The first-order chi connectivity index (χ1) is 17.5. The number of aliphatic imine (C=N–C) groups is 1. The van der Waals surface area contributed by atoms with Crippen molar-refractivity contribution in [3.8, 4) is 11.5 Å². The quantitative estimate of drug-likeness (QED) is 0.458. The van der Waals surface area contributed by atoms with Gasteiger partial charge >= 0.3 is 5.97 Å². The predicted octanol–water partition coefficient (Wildman–Crippen LogP) is 1.86. The molecule has 2 aromatic carbocycles. The van der Waals surface area contributed by atoms with Gasteiger partial charge in [0, 0.05) is 37.4 Å². The standard InChI is InChI=1S/C25H27N5O6/c31-22-10-16(13-30(22)18-4-1-3-17(11-18)28-25-26-7-2-8-27-25)24(34)29-19(12-23(32)33)15-5-6-20-21(9-15)36-14-35-20/h1,3-6,9,11,16,19H,2,7-8,10,12-14H2,(H,29,34)(H,32,33)(H2,26,27,28)/t16-,19+/m1/s1. The van der Waals surface area contributed by atoms with E-state index in [0.29, 0.717) is 28.7 Å². The first kappa shape index (κ1) is 23.5. The van der Waals surface area contributed by atoms with Gasteiger partial charge in [0.15, 0.2) is 17.5 Å². The lowest BCUT2D eigenvalue weighted by Crippen LogP contribution is -2.36. The Kier molecular flexibility index (Phi) is 6.61. The normalized spacial score (nSPS) is 19.3. The van der Waals surface area contributed by atoms with Crippen molar-refractivity contribution in [2.24, 2.45) is 10.9 Å². The van der Waals surface area contributed by atoms with Crippen LogP contribution >= 0.6 is 0 Å². The Morgan fingerprint density at radius 1 is 1.19 bits per heavy atom. The van der Waals surface area contributed by atoms with Gasteiger partial charge in [0.25, 0.3) is 0 Å². The summed E-state index contributed by atoms with van der Waals surface area (Å²) in [6, 6.07) is 11.7. The number of carboxylic acids is 1. The lowest BCUT2D eigenvalue weighted by Gasteiger charge is -2.21. The van der Waals surface area contributed by atoms with Crippen molar-refractivity contribution in [1.82, 2.24) is 10.6 Å². The molecule has 36 heavy (non-hydrogen) atoms. The van der Waals surface area contributed by atoms with Gasteiger partial charge in [0.1, 0.15) is 0 Å². The number of amides is 2. The van der Waals surface area contributed by atoms with Crippen LogP contribution in [-0.4, -0.2) is 55.3 Å². The first-order valence-corrected chi connectivity index (χ1v) is 11.8. The summed E-state index contributed by atoms with van der Waals surface area (Å²) in [6.07, 6.45) is 0.721. The number of ether oxygens (including phenoxy) is 2. The second kappa shape index (κ2) is 10.1. The Morgan fingerprint density at radius 3 is 2.86 bits per heavy atom. The molecule has 1 fully saturated rings. The van der Waals surface area contributed by atoms with Crippen LogP contribution in [0.1, 0.15) is 30.9 Å². The van der Waals surface area contributed by atoms with Crippen molar-refractivity contribution >= 4 is 35.1 Å². The first-order valence-electron chi connectivity index (χ1n) is 11.8. The van der Waals surface area contributed by atoms with Gasteiger partial charge < -0.3 is 35.4 Å². The van der Waals surface area contributed by atoms with Gasteiger partial charge in [-0.1, -0.05) is 12.1 Å². The van der Waals surface area contributed by atoms with E-state index in [2.05, 4.69) is 20.9 Å². The van der Waals surface area contributed by atoms with E-state index in [-0.39, 0.29) is 38.0 Å². The summed E-state index contributed by atoms with van der Waals surface area (Å²) in [4.78, 5) is 43.4. The molecule has 0 spiro atoms. The average Bonchev–Trinajstić information content (AvgIpc) is 3.50. The van der Waals surface area contributed by atoms with Gasteiger partial charge in [-0.3, -0.25) is 19.4 Å². The second-order valence-corrected chi connectivity index (χ2v) is 8.86. The van der Waals surface area contributed by atoms with Crippen molar-refractivity contribution in [3.05, 3.63) is 48.0 Å². The largest absolute Gasteiger partial charge is 0.481 e. The Morgan fingerprint density at radius 2 is 2.06 bits per heavy atom. The molecule has 4 N–H and O–H groups in total. The third-order valence-corrected chi connectivity index (χ3v) is 6.31. The minimum Gasteiger partial charge on any atom is -0.481 e. The number of nitrogens with zero attached hydrogens (tertiary/aromatic N) is 2. The average molecular weight is 494 g/mol. The highest BCUT2D eigenvalue weighted by Crippen LogP contribution is 2.35. The number of carbonyl (C=O) groups is 3. The molecule has 3 heterocycles. The Labute approximate surface area is 207 Å². The smallest absolute Gasteiger partial charge is 0.305 e. The Balaban J connectivity index is 1.27. The molecular formula is C25H27N5O6. The topological polar surface area (TPSA) is 142 Å². The van der Waals surface area contributed by atoms with Crippen LogP contribution in [0.25, 0.3) is 0 Å². The van der Waals surface area contributed by atoms with Crippen LogP contribution in [0.3, 0.4) is 0 Å². The number of fused-ring (bicyclic) bond motifs is 1. The summed E-state index contributed by atoms with van der Waals surface area (Å²) >= 11 is 0. The molecule has 2 atom stereocenters. The number of anilines is 2. The number of nitrogens with one attached hydrogen (secondary N) is 3. The summed E-state index contributed by atoms with van der Waals surface area (Å²) < 4.78 is 10.7. The molecule has 0 saturated carbocycles. The van der Waals surface area contributed by atoms with E-state index in [1.54, 1.807) is 23.1 Å². The maximum absolute atomic E-state index is 13.1. The zero-order valence-electron chi connectivity index (χ0n) is 19.5. The predicted molar refractivity (Wildman–Crippen MR) is 131 cm³/mol. The van der Waals surface area contributed by atoms with E-state index in [0.717, 1.165) is 25.2 Å². The molecule has 3 aliphatic rings. The van der Waals surface area contributed by atoms with E-state index in [1.807, 2.05) is 24.3 Å². The molecule has 0 radical (unpaired) electrons. The molecule has 1 saturated heterocycles. The molecule has 0 aromatic heterocycles. The van der Waals surface area contributed by atoms with E-state index in [1.165, 1.54) is 0 Å². The summed E-state index contributed by atoms with van der Waals surface area (Å²) in [6.45, 7) is 1.90. The number of aliphatic carboxylic acids is 1. The SMILES string of the molecule is O=C(O)C[C@H](NC(=O)[C@@H]1CC(=O)N(c2cccc(NC3=NCCCN3)c2)C1)c1ccc2c(c1)OCO2. The van der Waals surface area contributed by atoms with E-state index in [4.69, 9.17) is 9.47 Å². The van der Waals surface area contributed by atoms with Crippen molar-refractivity contribution in [2.45, 2.75) is 25.3 Å². The van der Waals surface area contributed by atoms with E-state index in [9.17, 15) is 19.5 Å². The van der Waals surface area contributed by atoms with Crippen LogP contribution in [0.4, 0.5) is 11.4 Å². The zero-order valence-corrected chi connectivity index (χ0v) is 19.5. The summed E-state index contributed by atoms with van der Waals surface area (Å²) in [5.74, 6) is -0.437. The Hall–Kier alpha value is -4.28. The number of carboxylic acid groups (broad SMARTS) is 1. The Bertz CT molecular complexity index is 1220. The van der Waals surface area contributed by atoms with Crippen LogP contribution < -0.4 is 30.3 Å². The monoisotopic (exact) mass is 493 g/mol. The van der Waals surface area contributed by atoms with Gasteiger partial charge in [0.2, 0.25) is 18.6 Å². The molecule has 2 amide bonds. The number of benzene rings is 2. The molecular weight excluding hydrogens is 466 g/mol. The van der Waals surface area contributed by atoms with Crippen molar-refractivity contribution < 1.29 is 29.0 Å². The number of guanidine groups is 1. The van der Waals surface area contributed by atoms with Crippen LogP contribution in [0.2, 0.25) is 0 Å². The molecule has 0 bridgehead atoms. The fourth-order valence-electron chi connectivity index (χ4n) is 4.48. The minimum absolute atomic E-state index is 0.0404. The lowest BCUT2D eigenvalue weighted by molar-refractivity contribution is -0.138. The van der Waals surface area contributed by atoms with Crippen LogP contribution in [0.15, 0.2) is 47.5 Å². The molecule has 3 aliphatic heterocycles. The number of hydrogen-bond acceptors (Lipinski definition) is 8. The molecule has 0 unspecified atom stereocenters. The van der Waals surface area contributed by atoms with Gasteiger partial charge in [0.05, 0.1) is 18.4 Å². The van der Waals surface area contributed by atoms with Crippen molar-refractivity contribution in [3.63, 3.8) is 0 Å². The summed E-state index contributed by atoms with van der Waals surface area (Å²) in [5, 5.41) is 18.6. The number of hydrogen-bond donors (Lipinski definition) is 4. The molecule has 11 nitrogen and oxygen atoms in total. The van der Waals surface area contributed by atoms with Crippen LogP contribution in [0, 0.1) is 5.92 Å². The van der Waals surface area contributed by atoms with Gasteiger partial charge in [-0.15, -0.1) is 0 Å². The lowest BCUT2D eigenvalue weighted by atomic mass is 10.0. The maximum Gasteiger partial charge on any atom is 0.305 e. The fraction of sp³-hybridized carbons (Fsp3) is 0.360. The molecule has 2 aromatic rings. The summed E-state index contributed by atoms with van der Waals surface area (Å²) in [5.41, 5.74) is 2.05. The molecule has 11 heteroatoms. The van der Waals surface area contributed by atoms with Crippen LogP contribution in [0.5, 0.6) is 11.5 Å². The second-order valence-electron chi connectivity index (χ2n) is 8.86. The highest BCUT2D eigenvalue weighted by atomic mass is 16.7. The third-order valence-electron chi connectivity index (χ3n) is 6.31. The zero-order chi connectivity index (χ0) is 25.1. The van der Waals surface area contributed by atoms with Crippen molar-refractivity contribution in [1.29, 1.82) is 0 Å². The van der Waals surface area contributed by atoms with Crippen molar-refractivity contribution in [2.75, 3.05) is 36.6 Å². The fourth-order valence-corrected chi connectivity index (χ4v) is 4.48. The van der Waals surface area contributed by atoms with E-state index < -0.39 is 17.9 Å². The summed E-state index contributed by atoms with van der Waals surface area (Å²) in [7, 11) is 0.